The third-order valence-corrected chi connectivity index (χ3v) is 6.68. The van der Waals surface area contributed by atoms with E-state index < -0.39 is 5.97 Å². The monoisotopic (exact) mass is 521 g/mol. The van der Waals surface area contributed by atoms with Gasteiger partial charge in [-0.25, -0.2) is 4.79 Å². The molecule has 5 aromatic carbocycles. The van der Waals surface area contributed by atoms with Gasteiger partial charge in [-0.05, 0) is 90.7 Å². The molecule has 0 amide bonds. The van der Waals surface area contributed by atoms with Crippen LogP contribution in [-0.4, -0.2) is 5.97 Å². The van der Waals surface area contributed by atoms with Crippen LogP contribution in [0.3, 0.4) is 0 Å². The van der Waals surface area contributed by atoms with Gasteiger partial charge < -0.3 is 9.64 Å². The first-order valence-electron chi connectivity index (χ1n) is 13.3. The molecule has 0 N–H and O–H groups in total. The SMILES string of the molecule is C=CC(=O)Oc1ccc(/C(=C\c2ccc(N(c3ccc(C)cc3)c3ccc(C)cc3)cc2)c2ccccc2)cc1. The summed E-state index contributed by atoms with van der Waals surface area (Å²) in [4.78, 5) is 13.9. The quantitative estimate of drug-likeness (QED) is 0.0881. The summed E-state index contributed by atoms with van der Waals surface area (Å²) in [6.45, 7) is 7.67. The Balaban J connectivity index is 1.51. The van der Waals surface area contributed by atoms with Gasteiger partial charge >= 0.3 is 5.97 Å². The van der Waals surface area contributed by atoms with Crippen molar-refractivity contribution >= 4 is 34.7 Å². The van der Waals surface area contributed by atoms with Gasteiger partial charge in [-0.3, -0.25) is 0 Å². The fraction of sp³-hybridized carbons (Fsp3) is 0.0541. The summed E-state index contributed by atoms with van der Waals surface area (Å²) in [5.74, 6) is 0.00898. The molecular formula is C37H31NO2. The van der Waals surface area contributed by atoms with Gasteiger partial charge in [0.2, 0.25) is 0 Å². The number of aryl methyl sites for hydroxylation is 2. The van der Waals surface area contributed by atoms with E-state index in [0.29, 0.717) is 5.75 Å². The van der Waals surface area contributed by atoms with Crippen LogP contribution in [0.15, 0.2) is 140 Å². The molecular weight excluding hydrogens is 490 g/mol. The lowest BCUT2D eigenvalue weighted by Crippen LogP contribution is -2.09. The van der Waals surface area contributed by atoms with Gasteiger partial charge in [0.25, 0.3) is 0 Å². The van der Waals surface area contributed by atoms with Gasteiger partial charge in [0.05, 0.1) is 0 Å². The van der Waals surface area contributed by atoms with E-state index in [0.717, 1.165) is 45.4 Å². The number of carbonyl (C=O) groups excluding carboxylic acids is 1. The van der Waals surface area contributed by atoms with Gasteiger partial charge in [-0.2, -0.15) is 0 Å². The largest absolute Gasteiger partial charge is 0.423 e. The number of esters is 1. The van der Waals surface area contributed by atoms with Crippen LogP contribution in [0.25, 0.3) is 11.6 Å². The van der Waals surface area contributed by atoms with E-state index in [1.807, 2.05) is 30.3 Å². The van der Waals surface area contributed by atoms with Gasteiger partial charge in [0.15, 0.2) is 0 Å². The molecule has 0 heterocycles. The first-order valence-corrected chi connectivity index (χ1v) is 13.3. The third kappa shape index (κ3) is 6.28. The zero-order chi connectivity index (χ0) is 27.9. The normalized spacial score (nSPS) is 11.1. The Morgan fingerprint density at radius 1 is 0.625 bits per heavy atom. The van der Waals surface area contributed by atoms with Gasteiger partial charge in [0, 0.05) is 23.1 Å². The number of ether oxygens (including phenoxy) is 1. The molecule has 0 fully saturated rings. The average molecular weight is 522 g/mol. The second-order valence-electron chi connectivity index (χ2n) is 9.67. The van der Waals surface area contributed by atoms with Crippen molar-refractivity contribution in [2.45, 2.75) is 13.8 Å². The Morgan fingerprint density at radius 2 is 1.10 bits per heavy atom. The van der Waals surface area contributed by atoms with Crippen LogP contribution >= 0.6 is 0 Å². The first kappa shape index (κ1) is 26.5. The van der Waals surface area contributed by atoms with E-state index in [1.54, 1.807) is 12.1 Å². The zero-order valence-corrected chi connectivity index (χ0v) is 22.7. The number of nitrogens with zero attached hydrogens (tertiary/aromatic N) is 1. The maximum Gasteiger partial charge on any atom is 0.335 e. The predicted molar refractivity (Wildman–Crippen MR) is 166 cm³/mol. The Morgan fingerprint density at radius 3 is 1.60 bits per heavy atom. The number of anilines is 3. The lowest BCUT2D eigenvalue weighted by molar-refractivity contribution is -0.128. The van der Waals surface area contributed by atoms with Gasteiger partial charge in [0.1, 0.15) is 5.75 Å². The Kier molecular flexibility index (Phi) is 8.03. The molecule has 0 aliphatic carbocycles. The molecule has 0 saturated carbocycles. The number of hydrogen-bond donors (Lipinski definition) is 0. The summed E-state index contributed by atoms with van der Waals surface area (Å²) in [6, 6.07) is 43.6. The Hall–Kier alpha value is -5.15. The molecule has 5 aromatic rings. The Labute approximate surface area is 236 Å². The number of hydrogen-bond acceptors (Lipinski definition) is 3. The number of rotatable bonds is 8. The van der Waals surface area contributed by atoms with Crippen molar-refractivity contribution < 1.29 is 9.53 Å². The molecule has 0 radical (unpaired) electrons. The molecule has 196 valence electrons. The summed E-state index contributed by atoms with van der Waals surface area (Å²) in [5, 5.41) is 0. The van der Waals surface area contributed by atoms with Gasteiger partial charge in [-0.15, -0.1) is 0 Å². The van der Waals surface area contributed by atoms with E-state index in [4.69, 9.17) is 4.74 Å². The number of carbonyl (C=O) groups is 1. The van der Waals surface area contributed by atoms with Crippen LogP contribution in [0.4, 0.5) is 17.1 Å². The molecule has 3 heteroatoms. The van der Waals surface area contributed by atoms with Crippen LogP contribution < -0.4 is 9.64 Å². The fourth-order valence-electron chi connectivity index (χ4n) is 4.53. The number of benzene rings is 5. The summed E-state index contributed by atoms with van der Waals surface area (Å²) in [6.07, 6.45) is 3.34. The predicted octanol–water partition coefficient (Wildman–Crippen LogP) is 9.45. The van der Waals surface area contributed by atoms with Crippen molar-refractivity contribution in [3.8, 4) is 5.75 Å². The van der Waals surface area contributed by atoms with Crippen molar-refractivity contribution in [3.05, 3.63) is 168 Å². The van der Waals surface area contributed by atoms with E-state index >= 15 is 0 Å². The third-order valence-electron chi connectivity index (χ3n) is 6.68. The van der Waals surface area contributed by atoms with E-state index in [2.05, 4.69) is 116 Å². The lowest BCUT2D eigenvalue weighted by Gasteiger charge is -2.26. The second kappa shape index (κ2) is 12.1. The van der Waals surface area contributed by atoms with E-state index in [1.165, 1.54) is 11.1 Å². The van der Waals surface area contributed by atoms with Crippen LogP contribution in [0.2, 0.25) is 0 Å². The molecule has 40 heavy (non-hydrogen) atoms. The van der Waals surface area contributed by atoms with Crippen LogP contribution in [0.1, 0.15) is 27.8 Å². The first-order chi connectivity index (χ1) is 19.5. The molecule has 0 atom stereocenters. The highest BCUT2D eigenvalue weighted by Crippen LogP contribution is 2.35. The van der Waals surface area contributed by atoms with Crippen LogP contribution in [-0.2, 0) is 4.79 Å². The zero-order valence-electron chi connectivity index (χ0n) is 22.7. The van der Waals surface area contributed by atoms with E-state index in [-0.39, 0.29) is 0 Å². The van der Waals surface area contributed by atoms with Crippen molar-refractivity contribution in [1.82, 2.24) is 0 Å². The standard InChI is InChI=1S/C37H31NO2/c1-4-37(39)40-35-24-16-31(17-25-35)36(30-8-6-5-7-9-30)26-29-14-22-34(23-15-29)38(32-18-10-27(2)11-19-32)33-20-12-28(3)13-21-33/h4-26H,1H2,2-3H3/b36-26-. The highest BCUT2D eigenvalue weighted by molar-refractivity contribution is 5.92. The molecule has 0 aliphatic heterocycles. The topological polar surface area (TPSA) is 29.5 Å². The maximum atomic E-state index is 11.6. The molecule has 0 aromatic heterocycles. The molecule has 0 spiro atoms. The minimum absolute atomic E-state index is 0.475. The lowest BCUT2D eigenvalue weighted by atomic mass is 9.95. The maximum absolute atomic E-state index is 11.6. The summed E-state index contributed by atoms with van der Waals surface area (Å²) >= 11 is 0. The second-order valence-corrected chi connectivity index (χ2v) is 9.67. The molecule has 0 saturated heterocycles. The van der Waals surface area contributed by atoms with Gasteiger partial charge in [-0.1, -0.05) is 96.6 Å². The van der Waals surface area contributed by atoms with Crippen LogP contribution in [0.5, 0.6) is 5.75 Å². The summed E-state index contributed by atoms with van der Waals surface area (Å²) in [5.41, 5.74) is 10.0. The van der Waals surface area contributed by atoms with Crippen molar-refractivity contribution in [1.29, 1.82) is 0 Å². The highest BCUT2D eigenvalue weighted by atomic mass is 16.5. The molecule has 0 aliphatic rings. The summed E-state index contributed by atoms with van der Waals surface area (Å²) in [7, 11) is 0. The van der Waals surface area contributed by atoms with Crippen molar-refractivity contribution in [2.75, 3.05) is 4.90 Å². The van der Waals surface area contributed by atoms with Crippen molar-refractivity contribution in [3.63, 3.8) is 0 Å². The van der Waals surface area contributed by atoms with E-state index in [9.17, 15) is 4.79 Å². The molecule has 0 bridgehead atoms. The average Bonchev–Trinajstić information content (AvgIpc) is 2.99. The fourth-order valence-corrected chi connectivity index (χ4v) is 4.53. The molecule has 5 rings (SSSR count). The molecule has 3 nitrogen and oxygen atoms in total. The van der Waals surface area contributed by atoms with Crippen LogP contribution in [0, 0.1) is 13.8 Å². The molecule has 0 unspecified atom stereocenters. The summed E-state index contributed by atoms with van der Waals surface area (Å²) < 4.78 is 5.26. The smallest absolute Gasteiger partial charge is 0.335 e. The minimum atomic E-state index is -0.475. The van der Waals surface area contributed by atoms with Crippen molar-refractivity contribution in [2.24, 2.45) is 0 Å². The minimum Gasteiger partial charge on any atom is -0.423 e. The highest BCUT2D eigenvalue weighted by Gasteiger charge is 2.13. The Bertz CT molecular complexity index is 1570.